The lowest BCUT2D eigenvalue weighted by Gasteiger charge is -2.15. The Labute approximate surface area is 91.8 Å². The molecule has 0 spiro atoms. The lowest BCUT2D eigenvalue weighted by Crippen LogP contribution is -2.22. The van der Waals surface area contributed by atoms with Crippen molar-refractivity contribution >= 4 is 0 Å². The molecule has 15 heavy (non-hydrogen) atoms. The molecule has 86 valence electrons. The lowest BCUT2D eigenvalue weighted by atomic mass is 10.1. The third-order valence-corrected chi connectivity index (χ3v) is 2.30. The first-order chi connectivity index (χ1) is 7.38. The van der Waals surface area contributed by atoms with Crippen molar-refractivity contribution in [2.75, 3.05) is 19.8 Å². The summed E-state index contributed by atoms with van der Waals surface area (Å²) in [5, 5.41) is 3.42. The molecule has 0 aliphatic rings. The van der Waals surface area contributed by atoms with Gasteiger partial charge in [0.1, 0.15) is 0 Å². The first-order valence-corrected chi connectivity index (χ1v) is 5.71. The second kappa shape index (κ2) is 7.49. The summed E-state index contributed by atoms with van der Waals surface area (Å²) >= 11 is 0. The zero-order valence-corrected chi connectivity index (χ0v) is 9.66. The summed E-state index contributed by atoms with van der Waals surface area (Å²) in [6.45, 7) is 6.85. The van der Waals surface area contributed by atoms with E-state index in [2.05, 4.69) is 19.2 Å². The highest BCUT2D eigenvalue weighted by molar-refractivity contribution is 5.11. The molecule has 0 bridgehead atoms. The molecule has 3 nitrogen and oxygen atoms in total. The summed E-state index contributed by atoms with van der Waals surface area (Å²) in [5.41, 5.74) is 1.21. The molecule has 0 amide bonds. The Morgan fingerprint density at radius 3 is 2.87 bits per heavy atom. The molecule has 1 rings (SSSR count). The van der Waals surface area contributed by atoms with Gasteiger partial charge in [0.25, 0.3) is 0 Å². The molecule has 0 saturated carbocycles. The Hall–Kier alpha value is -0.800. The molecule has 0 aliphatic heterocycles. The van der Waals surface area contributed by atoms with E-state index in [1.165, 1.54) is 5.56 Å². The van der Waals surface area contributed by atoms with E-state index in [4.69, 9.17) is 9.15 Å². The number of ether oxygens (including phenoxy) is 1. The van der Waals surface area contributed by atoms with Crippen LogP contribution < -0.4 is 5.32 Å². The van der Waals surface area contributed by atoms with Crippen LogP contribution in [0, 0.1) is 0 Å². The standard InChI is InChI=1S/C12H21NO2/c1-3-7-14-9-6-12(13-4-2)11-5-8-15-10-11/h5,8,10,12-13H,3-4,6-7,9H2,1-2H3. The minimum Gasteiger partial charge on any atom is -0.472 e. The topological polar surface area (TPSA) is 34.4 Å². The van der Waals surface area contributed by atoms with Crippen LogP contribution in [0.1, 0.15) is 38.3 Å². The van der Waals surface area contributed by atoms with Crippen molar-refractivity contribution < 1.29 is 9.15 Å². The minimum atomic E-state index is 0.352. The van der Waals surface area contributed by atoms with Gasteiger partial charge in [0.2, 0.25) is 0 Å². The van der Waals surface area contributed by atoms with E-state index in [1.807, 2.05) is 6.07 Å². The Kier molecular flexibility index (Phi) is 6.12. The van der Waals surface area contributed by atoms with Crippen LogP contribution in [0.25, 0.3) is 0 Å². The number of furan rings is 1. The van der Waals surface area contributed by atoms with Crippen molar-refractivity contribution in [3.8, 4) is 0 Å². The van der Waals surface area contributed by atoms with Crippen molar-refractivity contribution in [1.29, 1.82) is 0 Å². The SMILES string of the molecule is CCCOCCC(NCC)c1ccoc1. The van der Waals surface area contributed by atoms with Gasteiger partial charge in [0, 0.05) is 24.8 Å². The number of nitrogens with one attached hydrogen (secondary N) is 1. The fraction of sp³-hybridized carbons (Fsp3) is 0.667. The van der Waals surface area contributed by atoms with Gasteiger partial charge in [-0.25, -0.2) is 0 Å². The quantitative estimate of drug-likeness (QED) is 0.671. The number of hydrogen-bond acceptors (Lipinski definition) is 3. The Bertz CT molecular complexity index is 234. The summed E-state index contributed by atoms with van der Waals surface area (Å²) < 4.78 is 10.6. The van der Waals surface area contributed by atoms with E-state index in [-0.39, 0.29) is 0 Å². The smallest absolute Gasteiger partial charge is 0.0950 e. The van der Waals surface area contributed by atoms with E-state index in [1.54, 1.807) is 12.5 Å². The molecule has 1 heterocycles. The highest BCUT2D eigenvalue weighted by Gasteiger charge is 2.10. The third kappa shape index (κ3) is 4.49. The van der Waals surface area contributed by atoms with Crippen LogP contribution in [0.3, 0.4) is 0 Å². The molecule has 0 aliphatic carbocycles. The zero-order valence-electron chi connectivity index (χ0n) is 9.66. The van der Waals surface area contributed by atoms with Crippen molar-refractivity contribution in [2.45, 2.75) is 32.7 Å². The predicted octanol–water partition coefficient (Wildman–Crippen LogP) is 2.75. The van der Waals surface area contributed by atoms with Gasteiger partial charge < -0.3 is 14.5 Å². The van der Waals surface area contributed by atoms with E-state index in [0.717, 1.165) is 32.6 Å². The van der Waals surface area contributed by atoms with Crippen LogP contribution >= 0.6 is 0 Å². The number of rotatable bonds is 8. The summed E-state index contributed by atoms with van der Waals surface area (Å²) in [6.07, 6.45) is 5.59. The molecule has 0 radical (unpaired) electrons. The molecule has 1 aromatic heterocycles. The molecule has 3 heteroatoms. The van der Waals surface area contributed by atoms with Gasteiger partial charge in [-0.3, -0.25) is 0 Å². The molecular formula is C12H21NO2. The summed E-state index contributed by atoms with van der Waals surface area (Å²) in [7, 11) is 0. The molecule has 0 saturated heterocycles. The van der Waals surface area contributed by atoms with E-state index < -0.39 is 0 Å². The van der Waals surface area contributed by atoms with Crippen molar-refractivity contribution in [3.05, 3.63) is 24.2 Å². The second-order valence-corrected chi connectivity index (χ2v) is 3.57. The van der Waals surface area contributed by atoms with Crippen molar-refractivity contribution in [2.24, 2.45) is 0 Å². The third-order valence-electron chi connectivity index (χ3n) is 2.30. The van der Waals surface area contributed by atoms with Crippen molar-refractivity contribution in [1.82, 2.24) is 5.32 Å². The van der Waals surface area contributed by atoms with Gasteiger partial charge in [-0.15, -0.1) is 0 Å². The zero-order chi connectivity index (χ0) is 10.9. The van der Waals surface area contributed by atoms with Crippen LogP contribution in [0.5, 0.6) is 0 Å². The average molecular weight is 211 g/mol. The van der Waals surface area contributed by atoms with Gasteiger partial charge in [0.15, 0.2) is 0 Å². The van der Waals surface area contributed by atoms with E-state index in [9.17, 15) is 0 Å². The lowest BCUT2D eigenvalue weighted by molar-refractivity contribution is 0.124. The largest absolute Gasteiger partial charge is 0.472 e. The van der Waals surface area contributed by atoms with Crippen LogP contribution in [0.4, 0.5) is 0 Å². The molecule has 0 fully saturated rings. The monoisotopic (exact) mass is 211 g/mol. The highest BCUT2D eigenvalue weighted by atomic mass is 16.5. The molecule has 1 atom stereocenters. The first-order valence-electron chi connectivity index (χ1n) is 5.71. The maximum absolute atomic E-state index is 5.49. The van der Waals surface area contributed by atoms with Crippen molar-refractivity contribution in [3.63, 3.8) is 0 Å². The fourth-order valence-electron chi connectivity index (χ4n) is 1.55. The van der Waals surface area contributed by atoms with Gasteiger partial charge in [0.05, 0.1) is 12.5 Å². The van der Waals surface area contributed by atoms with Crippen LogP contribution in [0.15, 0.2) is 23.0 Å². The fourth-order valence-corrected chi connectivity index (χ4v) is 1.55. The predicted molar refractivity (Wildman–Crippen MR) is 60.9 cm³/mol. The van der Waals surface area contributed by atoms with Gasteiger partial charge in [-0.2, -0.15) is 0 Å². The second-order valence-electron chi connectivity index (χ2n) is 3.57. The average Bonchev–Trinajstić information content (AvgIpc) is 2.76. The molecule has 0 aromatic carbocycles. The summed E-state index contributed by atoms with van der Waals surface area (Å²) in [4.78, 5) is 0. The highest BCUT2D eigenvalue weighted by Crippen LogP contribution is 2.16. The van der Waals surface area contributed by atoms with Gasteiger partial charge in [-0.05, 0) is 25.5 Å². The van der Waals surface area contributed by atoms with E-state index in [0.29, 0.717) is 6.04 Å². The summed E-state index contributed by atoms with van der Waals surface area (Å²) in [6, 6.07) is 2.36. The summed E-state index contributed by atoms with van der Waals surface area (Å²) in [5.74, 6) is 0. The molecule has 1 N–H and O–H groups in total. The van der Waals surface area contributed by atoms with Crippen LogP contribution in [-0.4, -0.2) is 19.8 Å². The normalized spacial score (nSPS) is 12.9. The van der Waals surface area contributed by atoms with E-state index >= 15 is 0 Å². The molecule has 1 aromatic rings. The number of hydrogen-bond donors (Lipinski definition) is 1. The van der Waals surface area contributed by atoms with Crippen LogP contribution in [-0.2, 0) is 4.74 Å². The maximum Gasteiger partial charge on any atom is 0.0950 e. The molecular weight excluding hydrogens is 190 g/mol. The first kappa shape index (κ1) is 12.3. The minimum absolute atomic E-state index is 0.352. The Morgan fingerprint density at radius 1 is 1.40 bits per heavy atom. The molecule has 1 unspecified atom stereocenters. The Morgan fingerprint density at radius 2 is 2.27 bits per heavy atom. The van der Waals surface area contributed by atoms with Gasteiger partial charge >= 0.3 is 0 Å². The van der Waals surface area contributed by atoms with Crippen LogP contribution in [0.2, 0.25) is 0 Å². The Balaban J connectivity index is 2.31. The maximum atomic E-state index is 5.49. The van der Waals surface area contributed by atoms with Gasteiger partial charge in [-0.1, -0.05) is 13.8 Å².